The van der Waals surface area contributed by atoms with E-state index in [9.17, 15) is 9.59 Å². The standard InChI is InChI=1S/C26H28ClN3O2S/c1-17-3-7-21(8-4-17)25-29-18(2)24(33-25)26(32)30-13-11-19(12-14-30)15-23(31)28-16-20-5-9-22(27)10-6-20/h3-10,19H,11-16H2,1-2H3,(H,28,31). The number of hydrogen-bond acceptors (Lipinski definition) is 4. The molecule has 0 aliphatic carbocycles. The van der Waals surface area contributed by atoms with Crippen molar-refractivity contribution in [1.29, 1.82) is 0 Å². The number of likely N-dealkylation sites (tertiary alicyclic amines) is 1. The van der Waals surface area contributed by atoms with Crippen LogP contribution in [-0.4, -0.2) is 34.8 Å². The van der Waals surface area contributed by atoms with Crippen molar-refractivity contribution in [2.24, 2.45) is 5.92 Å². The van der Waals surface area contributed by atoms with Crippen molar-refractivity contribution < 1.29 is 9.59 Å². The van der Waals surface area contributed by atoms with Gasteiger partial charge in [0, 0.05) is 36.6 Å². The minimum atomic E-state index is 0.0500. The fraction of sp³-hybridized carbons (Fsp3) is 0.346. The molecule has 33 heavy (non-hydrogen) atoms. The predicted octanol–water partition coefficient (Wildman–Crippen LogP) is 5.64. The van der Waals surface area contributed by atoms with E-state index in [1.54, 1.807) is 0 Å². The second kappa shape index (κ2) is 10.5. The van der Waals surface area contributed by atoms with Crippen LogP contribution in [0.25, 0.3) is 10.6 Å². The summed E-state index contributed by atoms with van der Waals surface area (Å²) in [6.45, 7) is 5.80. The molecule has 172 valence electrons. The number of halogens is 1. The van der Waals surface area contributed by atoms with Gasteiger partial charge in [0.25, 0.3) is 5.91 Å². The number of nitrogens with one attached hydrogen (secondary N) is 1. The van der Waals surface area contributed by atoms with Gasteiger partial charge in [0.2, 0.25) is 5.91 Å². The number of aryl methyl sites for hydroxylation is 2. The number of thiazole rings is 1. The van der Waals surface area contributed by atoms with E-state index in [1.807, 2.05) is 48.2 Å². The van der Waals surface area contributed by atoms with Crippen LogP contribution < -0.4 is 5.32 Å². The molecule has 1 aromatic heterocycles. The van der Waals surface area contributed by atoms with Gasteiger partial charge in [0.15, 0.2) is 0 Å². The van der Waals surface area contributed by atoms with E-state index in [2.05, 4.69) is 29.4 Å². The van der Waals surface area contributed by atoms with Crippen molar-refractivity contribution in [2.75, 3.05) is 13.1 Å². The smallest absolute Gasteiger partial charge is 0.265 e. The Kier molecular flexibility index (Phi) is 7.46. The van der Waals surface area contributed by atoms with Crippen LogP contribution in [0, 0.1) is 19.8 Å². The number of amides is 2. The Morgan fingerprint density at radius 2 is 1.73 bits per heavy atom. The molecule has 5 nitrogen and oxygen atoms in total. The number of rotatable bonds is 6. The Bertz CT molecular complexity index is 1120. The Morgan fingerprint density at radius 1 is 1.06 bits per heavy atom. The van der Waals surface area contributed by atoms with Crippen LogP contribution in [0.3, 0.4) is 0 Å². The Balaban J connectivity index is 1.28. The topological polar surface area (TPSA) is 62.3 Å². The zero-order valence-corrected chi connectivity index (χ0v) is 20.5. The largest absolute Gasteiger partial charge is 0.352 e. The van der Waals surface area contributed by atoms with Crippen molar-refractivity contribution in [3.05, 3.63) is 75.3 Å². The van der Waals surface area contributed by atoms with Gasteiger partial charge >= 0.3 is 0 Å². The zero-order valence-electron chi connectivity index (χ0n) is 18.9. The highest BCUT2D eigenvalue weighted by molar-refractivity contribution is 7.17. The summed E-state index contributed by atoms with van der Waals surface area (Å²) in [5, 5.41) is 4.55. The molecule has 0 atom stereocenters. The highest BCUT2D eigenvalue weighted by Gasteiger charge is 2.27. The molecule has 1 saturated heterocycles. The number of carbonyl (C=O) groups excluding carboxylic acids is 2. The van der Waals surface area contributed by atoms with Gasteiger partial charge < -0.3 is 10.2 Å². The minimum absolute atomic E-state index is 0.0500. The fourth-order valence-electron chi connectivity index (χ4n) is 4.04. The lowest BCUT2D eigenvalue weighted by molar-refractivity contribution is -0.122. The van der Waals surface area contributed by atoms with Gasteiger partial charge in [0.05, 0.1) is 5.69 Å². The first kappa shape index (κ1) is 23.5. The summed E-state index contributed by atoms with van der Waals surface area (Å²) >= 11 is 7.36. The van der Waals surface area contributed by atoms with Crippen LogP contribution >= 0.6 is 22.9 Å². The average Bonchev–Trinajstić information content (AvgIpc) is 3.20. The maximum atomic E-state index is 13.1. The van der Waals surface area contributed by atoms with E-state index in [4.69, 9.17) is 11.6 Å². The van der Waals surface area contributed by atoms with Crippen molar-refractivity contribution in [3.63, 3.8) is 0 Å². The van der Waals surface area contributed by atoms with E-state index in [0.29, 0.717) is 41.9 Å². The second-order valence-electron chi connectivity index (χ2n) is 8.64. The van der Waals surface area contributed by atoms with Crippen LogP contribution in [0.5, 0.6) is 0 Å². The van der Waals surface area contributed by atoms with Crippen LogP contribution in [0.1, 0.15) is 45.8 Å². The third kappa shape index (κ3) is 6.01. The molecule has 2 aromatic carbocycles. The lowest BCUT2D eigenvalue weighted by atomic mass is 9.93. The first-order chi connectivity index (χ1) is 15.9. The van der Waals surface area contributed by atoms with Gasteiger partial charge in [-0.25, -0.2) is 4.98 Å². The molecule has 1 aliphatic rings. The first-order valence-corrected chi connectivity index (χ1v) is 12.4. The minimum Gasteiger partial charge on any atom is -0.352 e. The molecule has 0 radical (unpaired) electrons. The van der Waals surface area contributed by atoms with Crippen molar-refractivity contribution in [3.8, 4) is 10.6 Å². The lowest BCUT2D eigenvalue weighted by Crippen LogP contribution is -2.39. The summed E-state index contributed by atoms with van der Waals surface area (Å²) in [6, 6.07) is 15.7. The molecule has 0 saturated carbocycles. The third-order valence-electron chi connectivity index (χ3n) is 6.07. The van der Waals surface area contributed by atoms with Crippen molar-refractivity contribution in [1.82, 2.24) is 15.2 Å². The quantitative estimate of drug-likeness (QED) is 0.495. The number of nitrogens with zero attached hydrogens (tertiary/aromatic N) is 2. The normalized spacial score (nSPS) is 14.3. The number of piperidine rings is 1. The Morgan fingerprint density at radius 3 is 2.39 bits per heavy atom. The average molecular weight is 482 g/mol. The van der Waals surface area contributed by atoms with E-state index in [-0.39, 0.29) is 11.8 Å². The van der Waals surface area contributed by atoms with Crippen molar-refractivity contribution in [2.45, 2.75) is 39.7 Å². The molecular formula is C26H28ClN3O2S. The van der Waals surface area contributed by atoms with Crippen LogP contribution in [0.4, 0.5) is 0 Å². The molecule has 1 fully saturated rings. The zero-order chi connectivity index (χ0) is 23.4. The van der Waals surface area contributed by atoms with Crippen molar-refractivity contribution >= 4 is 34.8 Å². The molecule has 0 bridgehead atoms. The number of hydrogen-bond donors (Lipinski definition) is 1. The van der Waals surface area contributed by atoms with E-state index < -0.39 is 0 Å². The van der Waals surface area contributed by atoms with Gasteiger partial charge in [0.1, 0.15) is 9.88 Å². The predicted molar refractivity (Wildman–Crippen MR) is 134 cm³/mol. The van der Waals surface area contributed by atoms with E-state index in [0.717, 1.165) is 34.7 Å². The second-order valence-corrected chi connectivity index (χ2v) is 10.1. The third-order valence-corrected chi connectivity index (χ3v) is 7.51. The molecular weight excluding hydrogens is 454 g/mol. The lowest BCUT2D eigenvalue weighted by Gasteiger charge is -2.31. The van der Waals surface area contributed by atoms with Crippen LogP contribution in [0.2, 0.25) is 5.02 Å². The molecule has 1 N–H and O–H groups in total. The van der Waals surface area contributed by atoms with Gasteiger partial charge in [-0.1, -0.05) is 53.6 Å². The van der Waals surface area contributed by atoms with E-state index in [1.165, 1.54) is 16.9 Å². The Labute approximate surface area is 203 Å². The summed E-state index contributed by atoms with van der Waals surface area (Å²) in [6.07, 6.45) is 2.17. The molecule has 2 heterocycles. The highest BCUT2D eigenvalue weighted by atomic mass is 35.5. The van der Waals surface area contributed by atoms with Crippen LogP contribution in [-0.2, 0) is 11.3 Å². The van der Waals surface area contributed by atoms with Gasteiger partial charge in [-0.2, -0.15) is 0 Å². The molecule has 3 aromatic rings. The first-order valence-electron chi connectivity index (χ1n) is 11.2. The maximum absolute atomic E-state index is 13.1. The molecule has 0 unspecified atom stereocenters. The Hall–Kier alpha value is -2.70. The molecule has 7 heteroatoms. The SMILES string of the molecule is Cc1ccc(-c2nc(C)c(C(=O)N3CCC(CC(=O)NCc4ccc(Cl)cc4)CC3)s2)cc1. The summed E-state index contributed by atoms with van der Waals surface area (Å²) < 4.78 is 0. The highest BCUT2D eigenvalue weighted by Crippen LogP contribution is 2.30. The number of benzene rings is 2. The van der Waals surface area contributed by atoms with E-state index >= 15 is 0 Å². The molecule has 0 spiro atoms. The molecule has 2 amide bonds. The van der Waals surface area contributed by atoms with Gasteiger partial charge in [-0.05, 0) is 50.3 Å². The summed E-state index contributed by atoms with van der Waals surface area (Å²) in [7, 11) is 0. The fourth-order valence-corrected chi connectivity index (χ4v) is 5.20. The monoisotopic (exact) mass is 481 g/mol. The van der Waals surface area contributed by atoms with Gasteiger partial charge in [-0.15, -0.1) is 11.3 Å². The number of aromatic nitrogens is 1. The van der Waals surface area contributed by atoms with Crippen LogP contribution in [0.15, 0.2) is 48.5 Å². The maximum Gasteiger partial charge on any atom is 0.265 e. The molecule has 1 aliphatic heterocycles. The van der Waals surface area contributed by atoms with Gasteiger partial charge in [-0.3, -0.25) is 9.59 Å². The molecule has 4 rings (SSSR count). The summed E-state index contributed by atoms with van der Waals surface area (Å²) in [4.78, 5) is 32.8. The summed E-state index contributed by atoms with van der Waals surface area (Å²) in [5.74, 6) is 0.398. The summed E-state index contributed by atoms with van der Waals surface area (Å²) in [5.41, 5.74) is 4.04. The number of carbonyl (C=O) groups is 2.